The zero-order chi connectivity index (χ0) is 17.5. The first-order valence-corrected chi connectivity index (χ1v) is 8.60. The highest BCUT2D eigenvalue weighted by atomic mass is 35.5. The summed E-state index contributed by atoms with van der Waals surface area (Å²) in [6, 6.07) is 21.9. The van der Waals surface area contributed by atoms with E-state index in [0.717, 1.165) is 12.0 Å². The number of pyridine rings is 1. The summed E-state index contributed by atoms with van der Waals surface area (Å²) < 4.78 is 1.88. The van der Waals surface area contributed by atoms with Gasteiger partial charge >= 0.3 is 0 Å². The van der Waals surface area contributed by atoms with Crippen LogP contribution in [0.5, 0.6) is 0 Å². The Bertz CT molecular complexity index is 815. The first kappa shape index (κ1) is 17.2. The second-order valence-corrected chi connectivity index (χ2v) is 6.38. The van der Waals surface area contributed by atoms with E-state index in [1.54, 1.807) is 0 Å². The van der Waals surface area contributed by atoms with Crippen molar-refractivity contribution in [1.29, 1.82) is 0 Å². The van der Waals surface area contributed by atoms with Crippen LogP contribution in [0.25, 0.3) is 0 Å². The molecule has 3 rings (SSSR count). The van der Waals surface area contributed by atoms with Crippen LogP contribution in [0.15, 0.2) is 79.1 Å². The molecule has 0 atom stereocenters. The van der Waals surface area contributed by atoms with Gasteiger partial charge in [-0.1, -0.05) is 54.1 Å². The Morgan fingerprint density at radius 1 is 0.840 bits per heavy atom. The lowest BCUT2D eigenvalue weighted by Crippen LogP contribution is -2.42. The van der Waals surface area contributed by atoms with Gasteiger partial charge in [0, 0.05) is 23.7 Å². The smallest absolute Gasteiger partial charge is 0.286 e. The average molecular weight is 352 g/mol. The Kier molecular flexibility index (Phi) is 5.81. The summed E-state index contributed by atoms with van der Waals surface area (Å²) in [5.74, 6) is -0.0178. The molecular weight excluding hydrogens is 332 g/mol. The molecule has 0 bridgehead atoms. The molecule has 25 heavy (non-hydrogen) atoms. The van der Waals surface area contributed by atoms with Gasteiger partial charge in [0.25, 0.3) is 5.91 Å². The Morgan fingerprint density at radius 2 is 1.48 bits per heavy atom. The van der Waals surface area contributed by atoms with Gasteiger partial charge in [0.1, 0.15) is 0 Å². The predicted octanol–water partition coefficient (Wildman–Crippen LogP) is 3.53. The second-order valence-electron chi connectivity index (χ2n) is 5.94. The van der Waals surface area contributed by atoms with Crippen LogP contribution in [0.4, 0.5) is 0 Å². The topological polar surface area (TPSA) is 33.0 Å². The summed E-state index contributed by atoms with van der Waals surface area (Å²) in [5, 5.41) is 3.61. The number of carbonyl (C=O) groups is 1. The van der Waals surface area contributed by atoms with Crippen molar-refractivity contribution in [2.24, 2.45) is 0 Å². The van der Waals surface area contributed by atoms with Gasteiger partial charge in [-0.25, -0.2) is 0 Å². The van der Waals surface area contributed by atoms with E-state index in [1.807, 2.05) is 59.4 Å². The van der Waals surface area contributed by atoms with Crippen LogP contribution in [0, 0.1) is 0 Å². The number of carbonyl (C=O) groups excluding carboxylic acids is 1. The average Bonchev–Trinajstić information content (AvgIpc) is 2.64. The van der Waals surface area contributed by atoms with Crippen LogP contribution in [-0.2, 0) is 24.3 Å². The molecule has 2 aromatic carbocycles. The van der Waals surface area contributed by atoms with Crippen molar-refractivity contribution >= 4 is 17.5 Å². The summed E-state index contributed by atoms with van der Waals surface area (Å²) in [7, 11) is 0. The normalized spacial score (nSPS) is 10.4. The minimum Gasteiger partial charge on any atom is -0.347 e. The van der Waals surface area contributed by atoms with Crippen molar-refractivity contribution in [2.45, 2.75) is 19.5 Å². The highest BCUT2D eigenvalue weighted by Crippen LogP contribution is 2.09. The van der Waals surface area contributed by atoms with E-state index in [-0.39, 0.29) is 5.91 Å². The molecule has 1 N–H and O–H groups in total. The standard InChI is InChI=1S/C21H19ClN2O/c22-20-8-6-19(7-9-20)15-23-21(25)16-24-12-10-18(11-13-24)14-17-4-2-1-3-5-17/h1-13H,14-16H2/p+1. The molecule has 0 spiro atoms. The number of nitrogens with zero attached hydrogens (tertiary/aromatic N) is 1. The zero-order valence-electron chi connectivity index (χ0n) is 13.9. The van der Waals surface area contributed by atoms with Crippen molar-refractivity contribution in [3.05, 3.63) is 101 Å². The van der Waals surface area contributed by atoms with Crippen LogP contribution < -0.4 is 9.88 Å². The van der Waals surface area contributed by atoms with Gasteiger partial charge in [-0.15, -0.1) is 0 Å². The van der Waals surface area contributed by atoms with Gasteiger partial charge in [0.15, 0.2) is 12.4 Å². The largest absolute Gasteiger partial charge is 0.347 e. The minimum absolute atomic E-state index is 0.0178. The molecule has 126 valence electrons. The number of amides is 1. The maximum Gasteiger partial charge on any atom is 0.286 e. The van der Waals surface area contributed by atoms with Crippen LogP contribution in [-0.4, -0.2) is 5.91 Å². The van der Waals surface area contributed by atoms with Crippen LogP contribution in [0.3, 0.4) is 0 Å². The molecule has 0 saturated carbocycles. The summed E-state index contributed by atoms with van der Waals surface area (Å²) in [6.45, 7) is 0.807. The number of nitrogens with one attached hydrogen (secondary N) is 1. The summed E-state index contributed by atoms with van der Waals surface area (Å²) >= 11 is 5.85. The molecule has 0 aliphatic carbocycles. The van der Waals surface area contributed by atoms with E-state index >= 15 is 0 Å². The highest BCUT2D eigenvalue weighted by Gasteiger charge is 2.09. The third-order valence-corrected chi connectivity index (χ3v) is 4.19. The van der Waals surface area contributed by atoms with Crippen molar-refractivity contribution < 1.29 is 9.36 Å². The summed E-state index contributed by atoms with van der Waals surface area (Å²) in [4.78, 5) is 12.1. The molecule has 3 aromatic rings. The van der Waals surface area contributed by atoms with Gasteiger partial charge in [-0.3, -0.25) is 4.79 Å². The van der Waals surface area contributed by atoms with Gasteiger partial charge in [-0.2, -0.15) is 4.57 Å². The van der Waals surface area contributed by atoms with E-state index in [0.29, 0.717) is 18.1 Å². The third kappa shape index (κ3) is 5.44. The number of hydrogen-bond acceptors (Lipinski definition) is 1. The van der Waals surface area contributed by atoms with E-state index in [9.17, 15) is 4.79 Å². The number of aromatic nitrogens is 1. The predicted molar refractivity (Wildman–Crippen MR) is 99.2 cm³/mol. The molecule has 0 radical (unpaired) electrons. The monoisotopic (exact) mass is 351 g/mol. The third-order valence-electron chi connectivity index (χ3n) is 3.94. The fourth-order valence-corrected chi connectivity index (χ4v) is 2.69. The second kappa shape index (κ2) is 8.45. The fraction of sp³-hybridized carbons (Fsp3) is 0.143. The molecule has 0 fully saturated rings. The Labute approximate surface area is 152 Å². The number of halogens is 1. The molecule has 3 nitrogen and oxygen atoms in total. The number of hydrogen-bond donors (Lipinski definition) is 1. The lowest BCUT2D eigenvalue weighted by Gasteiger charge is -2.04. The molecule has 1 heterocycles. The minimum atomic E-state index is -0.0178. The van der Waals surface area contributed by atoms with Gasteiger partial charge in [-0.05, 0) is 35.2 Å². The van der Waals surface area contributed by atoms with Crippen molar-refractivity contribution in [3.63, 3.8) is 0 Å². The Balaban J connectivity index is 1.50. The van der Waals surface area contributed by atoms with Crippen LogP contribution in [0.1, 0.15) is 16.7 Å². The molecular formula is C21H20ClN2O+. The highest BCUT2D eigenvalue weighted by molar-refractivity contribution is 6.30. The van der Waals surface area contributed by atoms with Crippen LogP contribution >= 0.6 is 11.6 Å². The quantitative estimate of drug-likeness (QED) is 0.677. The maximum absolute atomic E-state index is 12.1. The van der Waals surface area contributed by atoms with Crippen molar-refractivity contribution in [2.75, 3.05) is 0 Å². The summed E-state index contributed by atoms with van der Waals surface area (Å²) in [5.41, 5.74) is 3.53. The van der Waals surface area contributed by atoms with Gasteiger partial charge in [0.05, 0.1) is 0 Å². The Hall–Kier alpha value is -2.65. The molecule has 0 unspecified atom stereocenters. The molecule has 0 aliphatic rings. The molecule has 4 heteroatoms. The van der Waals surface area contributed by atoms with E-state index < -0.39 is 0 Å². The van der Waals surface area contributed by atoms with Crippen molar-refractivity contribution in [3.8, 4) is 0 Å². The lowest BCUT2D eigenvalue weighted by atomic mass is 10.1. The molecule has 1 amide bonds. The number of benzene rings is 2. The lowest BCUT2D eigenvalue weighted by molar-refractivity contribution is -0.684. The van der Waals surface area contributed by atoms with Gasteiger partial charge in [0.2, 0.25) is 6.54 Å². The van der Waals surface area contributed by atoms with E-state index in [2.05, 4.69) is 29.6 Å². The maximum atomic E-state index is 12.1. The SMILES string of the molecule is O=C(C[n+]1ccc(Cc2ccccc2)cc1)NCc1ccc(Cl)cc1. The summed E-state index contributed by atoms with van der Waals surface area (Å²) in [6.07, 6.45) is 4.78. The van der Waals surface area contributed by atoms with E-state index in [1.165, 1.54) is 11.1 Å². The zero-order valence-corrected chi connectivity index (χ0v) is 14.6. The Morgan fingerprint density at radius 3 is 2.16 bits per heavy atom. The van der Waals surface area contributed by atoms with Crippen LogP contribution in [0.2, 0.25) is 5.02 Å². The first-order chi connectivity index (χ1) is 12.2. The molecule has 1 aromatic heterocycles. The fourth-order valence-electron chi connectivity index (χ4n) is 2.57. The number of rotatable bonds is 6. The van der Waals surface area contributed by atoms with Crippen molar-refractivity contribution in [1.82, 2.24) is 5.32 Å². The van der Waals surface area contributed by atoms with Gasteiger partial charge < -0.3 is 5.32 Å². The molecule has 0 saturated heterocycles. The first-order valence-electron chi connectivity index (χ1n) is 8.22. The molecule has 0 aliphatic heterocycles. The van der Waals surface area contributed by atoms with E-state index in [4.69, 9.17) is 11.6 Å².